The number of carbonyl (C=O) groups excluding carboxylic acids is 2. The van der Waals surface area contributed by atoms with Gasteiger partial charge in [0.1, 0.15) is 0 Å². The second-order valence-electron chi connectivity index (χ2n) is 7.27. The predicted octanol–water partition coefficient (Wildman–Crippen LogP) is 1.72. The number of nitrogens with zero attached hydrogens (tertiary/aromatic N) is 1. The van der Waals surface area contributed by atoms with Crippen LogP contribution in [-0.4, -0.2) is 58.5 Å². The summed E-state index contributed by atoms with van der Waals surface area (Å²) in [4.78, 5) is 25.1. The second-order valence-corrected chi connectivity index (χ2v) is 8.44. The van der Waals surface area contributed by atoms with Gasteiger partial charge < -0.3 is 9.31 Å². The molecular weight excluding hydrogens is 399 g/mol. The number of nitrogens with two attached hydrogens (primary N) is 1. The van der Waals surface area contributed by atoms with E-state index in [1.165, 1.54) is 43.1 Å². The summed E-state index contributed by atoms with van der Waals surface area (Å²) in [6.07, 6.45) is 13.2. The Kier molecular flexibility index (Phi) is 12.1. The molecule has 166 valence electrons. The molecule has 0 aromatic rings. The Morgan fingerprint density at radius 3 is 2.10 bits per heavy atom. The Morgan fingerprint density at radius 1 is 1.07 bits per heavy atom. The molecule has 1 fully saturated rings. The fraction of sp³-hybridized carbons (Fsp3) is 0.778. The molecule has 0 bridgehead atoms. The van der Waals surface area contributed by atoms with Crippen LogP contribution in [0.3, 0.4) is 0 Å². The van der Waals surface area contributed by atoms with Crippen LogP contribution in [0.15, 0.2) is 12.2 Å². The number of likely N-dealkylation sites (N-methyl/N-ethyl adjacent to an activating group) is 1. The zero-order valence-corrected chi connectivity index (χ0v) is 18.2. The third-order valence-corrected chi connectivity index (χ3v) is 4.85. The van der Waals surface area contributed by atoms with Gasteiger partial charge in [-0.05, 0) is 19.9 Å². The van der Waals surface area contributed by atoms with E-state index < -0.39 is 35.4 Å². The summed E-state index contributed by atoms with van der Waals surface area (Å²) in [7, 11) is -4.30. The number of allylic oxidation sites excluding steroid dienone is 1. The van der Waals surface area contributed by atoms with Crippen LogP contribution in [0.2, 0.25) is 0 Å². The van der Waals surface area contributed by atoms with Gasteiger partial charge in [-0.25, -0.2) is 5.14 Å². The highest BCUT2D eigenvalue weighted by atomic mass is 32.2. The quantitative estimate of drug-likeness (QED) is 0.265. The highest BCUT2D eigenvalue weighted by molar-refractivity contribution is 7.84. The smallest absolute Gasteiger partial charge is 0.496 e. The van der Waals surface area contributed by atoms with Gasteiger partial charge in [-0.3, -0.25) is 18.7 Å². The Labute approximate surface area is 174 Å². The summed E-state index contributed by atoms with van der Waals surface area (Å²) in [5.74, 6) is -1.33. The van der Waals surface area contributed by atoms with Crippen LogP contribution in [0.5, 0.6) is 0 Å². The van der Waals surface area contributed by atoms with Crippen molar-refractivity contribution in [3.8, 4) is 0 Å². The van der Waals surface area contributed by atoms with Crippen LogP contribution in [0.4, 0.5) is 0 Å². The molecular formula is C18H33BN2O7S. The monoisotopic (exact) mass is 432 g/mol. The Balaban J connectivity index is 2.55. The van der Waals surface area contributed by atoms with Crippen LogP contribution in [0.25, 0.3) is 0 Å². The van der Waals surface area contributed by atoms with E-state index in [1.54, 1.807) is 13.1 Å². The summed E-state index contributed by atoms with van der Waals surface area (Å²) < 4.78 is 37.6. The molecule has 1 aliphatic rings. The van der Waals surface area contributed by atoms with Gasteiger partial charge in [0.15, 0.2) is 6.00 Å². The van der Waals surface area contributed by atoms with Gasteiger partial charge in [-0.15, -0.1) is 0 Å². The summed E-state index contributed by atoms with van der Waals surface area (Å²) in [5.41, 5.74) is 0. The lowest BCUT2D eigenvalue weighted by atomic mass is 9.80. The summed E-state index contributed by atoms with van der Waals surface area (Å²) >= 11 is 0. The molecule has 0 aromatic heterocycles. The fourth-order valence-corrected chi connectivity index (χ4v) is 3.40. The molecule has 1 atom stereocenters. The minimum atomic E-state index is -4.35. The average molecular weight is 432 g/mol. The number of carbonyl (C=O) groups is 2. The van der Waals surface area contributed by atoms with E-state index in [9.17, 15) is 18.0 Å². The van der Waals surface area contributed by atoms with Crippen LogP contribution in [-0.2, 0) is 33.4 Å². The van der Waals surface area contributed by atoms with Crippen LogP contribution in [0.1, 0.15) is 64.7 Å². The lowest BCUT2D eigenvalue weighted by Gasteiger charge is -2.25. The van der Waals surface area contributed by atoms with Gasteiger partial charge >= 0.3 is 29.4 Å². The number of hydrogen-bond donors (Lipinski definition) is 1. The van der Waals surface area contributed by atoms with Crippen molar-refractivity contribution in [1.82, 2.24) is 4.90 Å². The summed E-state index contributed by atoms with van der Waals surface area (Å²) in [5, 5.41) is 4.95. The summed E-state index contributed by atoms with van der Waals surface area (Å²) in [6.45, 7) is 1.93. The third kappa shape index (κ3) is 12.7. The maximum atomic E-state index is 11.9. The van der Waals surface area contributed by atoms with E-state index in [0.717, 1.165) is 19.3 Å². The first kappa shape index (κ1) is 25.6. The highest BCUT2D eigenvalue weighted by Crippen LogP contribution is 2.13. The molecule has 29 heavy (non-hydrogen) atoms. The number of unbranched alkanes of at least 4 members (excludes halogenated alkanes) is 8. The van der Waals surface area contributed by atoms with Gasteiger partial charge in [0.05, 0.1) is 13.1 Å². The number of rotatable bonds is 13. The number of hydrogen-bond acceptors (Lipinski definition) is 8. The lowest BCUT2D eigenvalue weighted by Crippen LogP contribution is -2.49. The predicted molar refractivity (Wildman–Crippen MR) is 110 cm³/mol. The molecule has 0 aliphatic carbocycles. The summed E-state index contributed by atoms with van der Waals surface area (Å²) in [6, 6.07) is -1.34. The van der Waals surface area contributed by atoms with Crippen molar-refractivity contribution in [2.45, 2.75) is 70.7 Å². The van der Waals surface area contributed by atoms with Crippen molar-refractivity contribution in [1.29, 1.82) is 0 Å². The SMILES string of the molecule is CCCCCCCCCC/C=C/C(OS(N)(=O)=O)B1OC(=O)CN(C)CC(=O)O1. The molecule has 1 aliphatic heterocycles. The second kappa shape index (κ2) is 13.7. The van der Waals surface area contributed by atoms with Gasteiger partial charge in [0, 0.05) is 0 Å². The molecule has 1 heterocycles. The first-order valence-corrected chi connectivity index (χ1v) is 11.6. The normalized spacial score (nSPS) is 17.7. The molecule has 0 saturated carbocycles. The van der Waals surface area contributed by atoms with Crippen molar-refractivity contribution >= 4 is 29.4 Å². The van der Waals surface area contributed by atoms with Crippen LogP contribution in [0, 0.1) is 0 Å². The molecule has 2 N–H and O–H groups in total. The molecule has 0 amide bonds. The Bertz CT molecular complexity index is 622. The molecule has 0 aromatic carbocycles. The van der Waals surface area contributed by atoms with Crippen molar-refractivity contribution in [2.75, 3.05) is 20.1 Å². The minimum Gasteiger partial charge on any atom is -0.496 e. The van der Waals surface area contributed by atoms with Crippen molar-refractivity contribution < 1.29 is 31.5 Å². The first-order chi connectivity index (χ1) is 13.7. The molecule has 1 saturated heterocycles. The molecule has 0 radical (unpaired) electrons. The molecule has 11 heteroatoms. The Hall–Kier alpha value is -1.43. The van der Waals surface area contributed by atoms with E-state index in [2.05, 4.69) is 6.92 Å². The van der Waals surface area contributed by atoms with Gasteiger partial charge in [-0.1, -0.05) is 64.0 Å². The van der Waals surface area contributed by atoms with Gasteiger partial charge in [0.25, 0.3) is 0 Å². The van der Waals surface area contributed by atoms with Crippen LogP contribution < -0.4 is 5.14 Å². The Morgan fingerprint density at radius 2 is 1.59 bits per heavy atom. The van der Waals surface area contributed by atoms with E-state index >= 15 is 0 Å². The topological polar surface area (TPSA) is 125 Å². The minimum absolute atomic E-state index is 0.129. The van der Waals surface area contributed by atoms with E-state index in [4.69, 9.17) is 18.6 Å². The van der Waals surface area contributed by atoms with Gasteiger partial charge in [0.2, 0.25) is 0 Å². The van der Waals surface area contributed by atoms with Crippen molar-refractivity contribution in [3.05, 3.63) is 12.2 Å². The standard InChI is InChI=1S/C18H33BN2O7S/c1-3-4-5-6-7-8-9-10-11-12-13-16(28-29(20,24)25)19-26-17(22)14-21(2)15-18(23)27-19/h12-13,16H,3-11,14-15H2,1-2H3,(H2,20,24,25)/b13-12+. The van der Waals surface area contributed by atoms with Crippen molar-refractivity contribution in [3.63, 3.8) is 0 Å². The van der Waals surface area contributed by atoms with E-state index in [1.807, 2.05) is 0 Å². The van der Waals surface area contributed by atoms with E-state index in [0.29, 0.717) is 6.42 Å². The lowest BCUT2D eigenvalue weighted by molar-refractivity contribution is -0.146. The fourth-order valence-electron chi connectivity index (χ4n) is 2.94. The molecule has 1 unspecified atom stereocenters. The third-order valence-electron chi connectivity index (χ3n) is 4.36. The molecule has 9 nitrogen and oxygen atoms in total. The zero-order valence-electron chi connectivity index (χ0n) is 17.4. The largest absolute Gasteiger partial charge is 0.635 e. The zero-order chi connectivity index (χ0) is 21.7. The van der Waals surface area contributed by atoms with Gasteiger partial charge in [-0.2, -0.15) is 8.42 Å². The molecule has 1 rings (SSSR count). The first-order valence-electron chi connectivity index (χ1n) is 10.2. The maximum absolute atomic E-state index is 11.9. The molecule has 0 spiro atoms. The average Bonchev–Trinajstić information content (AvgIpc) is 2.59. The highest BCUT2D eigenvalue weighted by Gasteiger charge is 2.41. The van der Waals surface area contributed by atoms with Crippen LogP contribution >= 0.6 is 0 Å². The van der Waals surface area contributed by atoms with E-state index in [-0.39, 0.29) is 13.1 Å². The maximum Gasteiger partial charge on any atom is 0.635 e. The van der Waals surface area contributed by atoms with Crippen molar-refractivity contribution in [2.24, 2.45) is 5.14 Å².